The van der Waals surface area contributed by atoms with E-state index in [0.29, 0.717) is 0 Å². The van der Waals surface area contributed by atoms with Crippen LogP contribution in [0.25, 0.3) is 0 Å². The summed E-state index contributed by atoms with van der Waals surface area (Å²) in [5, 5.41) is 9.25. The molecule has 114 valence electrons. The number of fused-ring (bicyclic) bond motifs is 1. The maximum atomic E-state index is 13.7. The molecule has 20 heavy (non-hydrogen) atoms. The van der Waals surface area contributed by atoms with Crippen molar-refractivity contribution in [1.29, 1.82) is 0 Å². The van der Waals surface area contributed by atoms with E-state index in [0.717, 1.165) is 4.90 Å². The number of hydrogen-bond donors (Lipinski definition) is 1. The van der Waals surface area contributed by atoms with Crippen molar-refractivity contribution in [3.8, 4) is 0 Å². The minimum Gasteiger partial charge on any atom is -0.480 e. The average molecular weight is 291 g/mol. The van der Waals surface area contributed by atoms with Crippen molar-refractivity contribution < 1.29 is 28.2 Å². The van der Waals surface area contributed by atoms with Gasteiger partial charge in [0.25, 0.3) is 5.92 Å². The van der Waals surface area contributed by atoms with Crippen LogP contribution >= 0.6 is 0 Å². The number of alkyl halides is 2. The van der Waals surface area contributed by atoms with Gasteiger partial charge in [-0.1, -0.05) is 0 Å². The quantitative estimate of drug-likeness (QED) is 0.805. The summed E-state index contributed by atoms with van der Waals surface area (Å²) >= 11 is 0. The molecule has 0 spiro atoms. The zero-order chi connectivity index (χ0) is 15.3. The van der Waals surface area contributed by atoms with E-state index in [4.69, 9.17) is 4.74 Å². The van der Waals surface area contributed by atoms with Crippen LogP contribution in [0.2, 0.25) is 0 Å². The highest BCUT2D eigenvalue weighted by Gasteiger charge is 2.61. The molecule has 7 heteroatoms. The molecule has 3 atom stereocenters. The number of ether oxygens (including phenoxy) is 1. The number of amides is 1. The predicted octanol–water partition coefficient (Wildman–Crippen LogP) is 2.35. The van der Waals surface area contributed by atoms with Crippen LogP contribution in [0.15, 0.2) is 0 Å². The van der Waals surface area contributed by atoms with Gasteiger partial charge in [0.2, 0.25) is 0 Å². The van der Waals surface area contributed by atoms with E-state index in [1.807, 2.05) is 0 Å². The van der Waals surface area contributed by atoms with Crippen LogP contribution in [0.1, 0.15) is 33.6 Å². The molecule has 1 saturated carbocycles. The van der Waals surface area contributed by atoms with E-state index >= 15 is 0 Å². The van der Waals surface area contributed by atoms with Gasteiger partial charge in [-0.15, -0.1) is 0 Å². The number of carbonyl (C=O) groups is 2. The summed E-state index contributed by atoms with van der Waals surface area (Å²) in [6.45, 7) is 4.67. The third kappa shape index (κ3) is 2.58. The van der Waals surface area contributed by atoms with Gasteiger partial charge in [0.15, 0.2) is 0 Å². The average Bonchev–Trinajstić information content (AvgIpc) is 2.74. The van der Waals surface area contributed by atoms with Crippen LogP contribution in [-0.2, 0) is 9.53 Å². The van der Waals surface area contributed by atoms with Crippen molar-refractivity contribution >= 4 is 12.1 Å². The topological polar surface area (TPSA) is 66.8 Å². The maximum Gasteiger partial charge on any atom is 0.411 e. The fourth-order valence-electron chi connectivity index (χ4n) is 3.09. The highest BCUT2D eigenvalue weighted by atomic mass is 19.3. The first kappa shape index (κ1) is 15.0. The second kappa shape index (κ2) is 4.56. The molecular weight excluding hydrogens is 272 g/mol. The van der Waals surface area contributed by atoms with E-state index in [-0.39, 0.29) is 19.4 Å². The maximum absolute atomic E-state index is 13.7. The number of halogens is 2. The van der Waals surface area contributed by atoms with Crippen molar-refractivity contribution in [2.45, 2.75) is 51.2 Å². The highest BCUT2D eigenvalue weighted by molar-refractivity contribution is 5.81. The Kier molecular flexibility index (Phi) is 3.42. The van der Waals surface area contributed by atoms with Crippen LogP contribution in [-0.4, -0.2) is 46.2 Å². The van der Waals surface area contributed by atoms with Crippen molar-refractivity contribution in [3.05, 3.63) is 0 Å². The number of aliphatic carboxylic acids is 1. The summed E-state index contributed by atoms with van der Waals surface area (Å²) in [4.78, 5) is 24.3. The molecule has 2 fully saturated rings. The van der Waals surface area contributed by atoms with Gasteiger partial charge in [-0.05, 0) is 27.2 Å². The van der Waals surface area contributed by atoms with Gasteiger partial charge in [0.05, 0.1) is 0 Å². The van der Waals surface area contributed by atoms with Gasteiger partial charge < -0.3 is 9.84 Å². The van der Waals surface area contributed by atoms with E-state index in [2.05, 4.69) is 0 Å². The molecule has 0 aromatic carbocycles. The van der Waals surface area contributed by atoms with E-state index in [9.17, 15) is 23.5 Å². The molecule has 0 aromatic rings. The normalized spacial score (nSPS) is 32.0. The summed E-state index contributed by atoms with van der Waals surface area (Å²) in [6, 6.07) is -1.22. The molecular formula is C13H19F2NO4. The Balaban J connectivity index is 2.21. The highest BCUT2D eigenvalue weighted by Crippen LogP contribution is 2.51. The molecule has 1 N–H and O–H groups in total. The fraction of sp³-hybridized carbons (Fsp3) is 0.846. The Hall–Kier alpha value is -1.40. The number of carbonyl (C=O) groups excluding carboxylic acids is 1. The first-order valence-electron chi connectivity index (χ1n) is 6.63. The molecule has 2 aliphatic rings. The number of carboxylic acids is 1. The minimum atomic E-state index is -2.91. The second-order valence-corrected chi connectivity index (χ2v) is 6.49. The van der Waals surface area contributed by atoms with E-state index in [1.165, 1.54) is 0 Å². The van der Waals surface area contributed by atoms with E-state index in [1.54, 1.807) is 20.8 Å². The lowest BCUT2D eigenvalue weighted by Crippen LogP contribution is -2.45. The Bertz CT molecular complexity index is 433. The fourth-order valence-corrected chi connectivity index (χ4v) is 3.09. The summed E-state index contributed by atoms with van der Waals surface area (Å²) in [7, 11) is 0. The zero-order valence-corrected chi connectivity index (χ0v) is 11.7. The minimum absolute atomic E-state index is 0.119. The summed E-state index contributed by atoms with van der Waals surface area (Å²) in [6.07, 6.45) is -1.03. The van der Waals surface area contributed by atoms with Gasteiger partial charge in [-0.2, -0.15) is 0 Å². The van der Waals surface area contributed by atoms with Crippen molar-refractivity contribution in [2.75, 3.05) is 6.54 Å². The molecule has 0 bridgehead atoms. The molecule has 1 heterocycles. The molecule has 1 aliphatic heterocycles. The predicted molar refractivity (Wildman–Crippen MR) is 65.5 cm³/mol. The molecule has 0 radical (unpaired) electrons. The molecule has 1 aliphatic carbocycles. The summed E-state index contributed by atoms with van der Waals surface area (Å²) < 4.78 is 32.6. The lowest BCUT2D eigenvalue weighted by molar-refractivity contribution is -0.143. The second-order valence-electron chi connectivity index (χ2n) is 6.49. The van der Waals surface area contributed by atoms with Gasteiger partial charge in [0, 0.05) is 24.8 Å². The van der Waals surface area contributed by atoms with Crippen molar-refractivity contribution in [1.82, 2.24) is 4.90 Å². The lowest BCUT2D eigenvalue weighted by Gasteiger charge is -2.28. The summed E-state index contributed by atoms with van der Waals surface area (Å²) in [5.74, 6) is -5.94. The first-order chi connectivity index (χ1) is 9.03. The van der Waals surface area contributed by atoms with Crippen molar-refractivity contribution in [2.24, 2.45) is 11.8 Å². The Morgan fingerprint density at radius 1 is 1.35 bits per heavy atom. The van der Waals surface area contributed by atoms with Crippen LogP contribution < -0.4 is 0 Å². The van der Waals surface area contributed by atoms with E-state index < -0.39 is 41.5 Å². The number of carboxylic acid groups (broad SMARTS) is 1. The SMILES string of the molecule is CC(C)(C)OC(=O)N1C[C@H]2[C@H](CCC2(F)F)[C@H]1C(=O)O. The summed E-state index contributed by atoms with van der Waals surface area (Å²) in [5.41, 5.74) is -0.791. The molecule has 0 unspecified atom stereocenters. The van der Waals surface area contributed by atoms with Crippen LogP contribution in [0, 0.1) is 11.8 Å². The number of likely N-dealkylation sites (tertiary alicyclic amines) is 1. The number of hydrogen-bond acceptors (Lipinski definition) is 3. The molecule has 1 amide bonds. The third-order valence-corrected chi connectivity index (χ3v) is 3.89. The van der Waals surface area contributed by atoms with Gasteiger partial charge >= 0.3 is 12.1 Å². The van der Waals surface area contributed by atoms with Crippen LogP contribution in [0.4, 0.5) is 13.6 Å². The molecule has 5 nitrogen and oxygen atoms in total. The Labute approximate surface area is 115 Å². The monoisotopic (exact) mass is 291 g/mol. The number of nitrogens with zero attached hydrogens (tertiary/aromatic N) is 1. The molecule has 0 aromatic heterocycles. The van der Waals surface area contributed by atoms with Crippen molar-refractivity contribution in [3.63, 3.8) is 0 Å². The van der Waals surface area contributed by atoms with Crippen LogP contribution in [0.3, 0.4) is 0 Å². The first-order valence-corrected chi connectivity index (χ1v) is 6.63. The zero-order valence-electron chi connectivity index (χ0n) is 11.7. The Morgan fingerprint density at radius 3 is 2.45 bits per heavy atom. The standard InChI is InChI=1S/C13H19F2NO4/c1-12(2,3)20-11(19)16-6-8-7(9(16)10(17)18)4-5-13(8,14)15/h7-9H,4-6H2,1-3H3,(H,17,18)/t7-,8-,9-/m0/s1. The Morgan fingerprint density at radius 2 is 1.95 bits per heavy atom. The smallest absolute Gasteiger partial charge is 0.411 e. The molecule has 1 saturated heterocycles. The molecule has 2 rings (SSSR count). The lowest BCUT2D eigenvalue weighted by atomic mass is 9.93. The van der Waals surface area contributed by atoms with Crippen LogP contribution in [0.5, 0.6) is 0 Å². The third-order valence-electron chi connectivity index (χ3n) is 3.89. The van der Waals surface area contributed by atoms with Gasteiger partial charge in [-0.25, -0.2) is 18.4 Å². The van der Waals surface area contributed by atoms with Gasteiger partial charge in [0.1, 0.15) is 11.6 Å². The van der Waals surface area contributed by atoms with Gasteiger partial charge in [-0.3, -0.25) is 4.90 Å². The largest absolute Gasteiger partial charge is 0.480 e. The number of rotatable bonds is 1.